The van der Waals surface area contributed by atoms with Crippen LogP contribution in [-0.4, -0.2) is 44.6 Å². The average Bonchev–Trinajstić information content (AvgIpc) is 3.11. The van der Waals surface area contributed by atoms with E-state index >= 15 is 0 Å². The minimum absolute atomic E-state index is 0.624. The number of hydrogen-bond acceptors (Lipinski definition) is 5. The quantitative estimate of drug-likeness (QED) is 0.822. The van der Waals surface area contributed by atoms with E-state index in [9.17, 15) is 0 Å². The summed E-state index contributed by atoms with van der Waals surface area (Å²) in [5, 5.41) is 11.4. The van der Waals surface area contributed by atoms with Gasteiger partial charge in [-0.15, -0.1) is 5.10 Å². The van der Waals surface area contributed by atoms with E-state index in [2.05, 4.69) is 25.2 Å². The Morgan fingerprint density at radius 3 is 2.89 bits per heavy atom. The first-order valence-corrected chi connectivity index (χ1v) is 6.69. The minimum Gasteiger partial charge on any atom is -0.340 e. The molecule has 0 aromatic carbocycles. The van der Waals surface area contributed by atoms with Gasteiger partial charge in [-0.1, -0.05) is 0 Å². The number of H-pyrrole nitrogens is 1. The number of anilines is 1. The summed E-state index contributed by atoms with van der Waals surface area (Å²) in [6.07, 6.45) is 5.92. The van der Waals surface area contributed by atoms with Gasteiger partial charge < -0.3 is 10.6 Å². The molecule has 0 unspecified atom stereocenters. The molecule has 1 saturated heterocycles. The molecule has 3 rings (SSSR count). The summed E-state index contributed by atoms with van der Waals surface area (Å²) in [7, 11) is 0. The molecular weight excluding hydrogens is 242 g/mol. The fraction of sp³-hybridized carbons (Fsp3) is 0.583. The lowest BCUT2D eigenvalue weighted by Crippen LogP contribution is -2.36. The summed E-state index contributed by atoms with van der Waals surface area (Å²) in [4.78, 5) is 6.74. The molecule has 2 aromatic heterocycles. The van der Waals surface area contributed by atoms with Crippen LogP contribution in [0.4, 0.5) is 5.95 Å². The molecular formula is C12H19N7. The van der Waals surface area contributed by atoms with Crippen LogP contribution in [-0.2, 0) is 6.54 Å². The van der Waals surface area contributed by atoms with Crippen molar-refractivity contribution in [1.29, 1.82) is 0 Å². The molecule has 2 aromatic rings. The van der Waals surface area contributed by atoms with E-state index in [4.69, 9.17) is 5.73 Å². The highest BCUT2D eigenvalue weighted by molar-refractivity contribution is 5.29. The van der Waals surface area contributed by atoms with Crippen LogP contribution < -0.4 is 10.6 Å². The molecule has 102 valence electrons. The number of aromatic amines is 1. The number of nitrogens with two attached hydrogens (primary N) is 1. The predicted octanol–water partition coefficient (Wildman–Crippen LogP) is 0.225. The Morgan fingerprint density at radius 1 is 1.37 bits per heavy atom. The maximum Gasteiger partial charge on any atom is 0.244 e. The Balaban J connectivity index is 1.62. The summed E-state index contributed by atoms with van der Waals surface area (Å²) in [6, 6.07) is 1.90. The topological polar surface area (TPSA) is 88.6 Å². The van der Waals surface area contributed by atoms with Crippen LogP contribution in [0.5, 0.6) is 0 Å². The minimum atomic E-state index is 0.624. The summed E-state index contributed by atoms with van der Waals surface area (Å²) in [5.74, 6) is 2.27. The molecule has 3 N–H and O–H groups in total. The van der Waals surface area contributed by atoms with Gasteiger partial charge in [-0.2, -0.15) is 10.1 Å². The van der Waals surface area contributed by atoms with Gasteiger partial charge in [0.25, 0.3) is 0 Å². The second-order valence-electron chi connectivity index (χ2n) is 4.95. The van der Waals surface area contributed by atoms with E-state index < -0.39 is 0 Å². The molecule has 0 radical (unpaired) electrons. The number of aromatic nitrogens is 5. The van der Waals surface area contributed by atoms with Gasteiger partial charge in [-0.25, -0.2) is 0 Å². The predicted molar refractivity (Wildman–Crippen MR) is 71.7 cm³/mol. The zero-order chi connectivity index (χ0) is 13.1. The molecule has 0 saturated carbocycles. The molecule has 1 aliphatic heterocycles. The Kier molecular flexibility index (Phi) is 3.45. The van der Waals surface area contributed by atoms with E-state index in [1.54, 1.807) is 6.20 Å². The van der Waals surface area contributed by atoms with Crippen molar-refractivity contribution in [2.24, 2.45) is 11.7 Å². The Hall–Kier alpha value is -1.89. The fourth-order valence-corrected chi connectivity index (χ4v) is 2.41. The van der Waals surface area contributed by atoms with Gasteiger partial charge in [0.15, 0.2) is 0 Å². The lowest BCUT2D eigenvalue weighted by molar-refractivity contribution is 0.411. The van der Waals surface area contributed by atoms with Crippen LogP contribution in [0.15, 0.2) is 18.5 Å². The molecule has 3 heterocycles. The van der Waals surface area contributed by atoms with E-state index in [1.807, 2.05) is 16.9 Å². The molecule has 0 spiro atoms. The highest BCUT2D eigenvalue weighted by Gasteiger charge is 2.20. The third kappa shape index (κ3) is 2.76. The molecule has 0 amide bonds. The van der Waals surface area contributed by atoms with E-state index in [1.165, 1.54) is 0 Å². The number of nitrogens with one attached hydrogen (secondary N) is 1. The summed E-state index contributed by atoms with van der Waals surface area (Å²) in [5.41, 5.74) is 5.70. The third-order valence-corrected chi connectivity index (χ3v) is 3.62. The third-order valence-electron chi connectivity index (χ3n) is 3.62. The van der Waals surface area contributed by atoms with Crippen molar-refractivity contribution < 1.29 is 0 Å². The summed E-state index contributed by atoms with van der Waals surface area (Å²) >= 11 is 0. The molecule has 1 aliphatic rings. The summed E-state index contributed by atoms with van der Waals surface area (Å²) in [6.45, 7) is 3.38. The second-order valence-corrected chi connectivity index (χ2v) is 4.95. The maximum atomic E-state index is 5.70. The van der Waals surface area contributed by atoms with Gasteiger partial charge >= 0.3 is 0 Å². The van der Waals surface area contributed by atoms with Crippen LogP contribution in [0.3, 0.4) is 0 Å². The first-order valence-electron chi connectivity index (χ1n) is 6.69. The zero-order valence-corrected chi connectivity index (χ0v) is 10.9. The number of nitrogens with zero attached hydrogens (tertiary/aromatic N) is 5. The zero-order valence-electron chi connectivity index (χ0n) is 10.9. The first kappa shape index (κ1) is 12.2. The fourth-order valence-electron chi connectivity index (χ4n) is 2.41. The number of rotatable bonds is 4. The smallest absolute Gasteiger partial charge is 0.244 e. The Bertz CT molecular complexity index is 496. The van der Waals surface area contributed by atoms with Crippen LogP contribution in [0.25, 0.3) is 0 Å². The van der Waals surface area contributed by atoms with Gasteiger partial charge in [0.05, 0.1) is 0 Å². The van der Waals surface area contributed by atoms with Crippen molar-refractivity contribution in [2.45, 2.75) is 19.4 Å². The van der Waals surface area contributed by atoms with Crippen molar-refractivity contribution in [3.63, 3.8) is 0 Å². The lowest BCUT2D eigenvalue weighted by atomic mass is 9.97. The highest BCUT2D eigenvalue weighted by atomic mass is 15.4. The van der Waals surface area contributed by atoms with E-state index in [0.717, 1.165) is 44.2 Å². The average molecular weight is 261 g/mol. The highest BCUT2D eigenvalue weighted by Crippen LogP contribution is 2.19. The molecule has 0 atom stereocenters. The Morgan fingerprint density at radius 2 is 2.21 bits per heavy atom. The largest absolute Gasteiger partial charge is 0.340 e. The van der Waals surface area contributed by atoms with E-state index in [0.29, 0.717) is 12.5 Å². The molecule has 0 bridgehead atoms. The van der Waals surface area contributed by atoms with Crippen molar-refractivity contribution in [2.75, 3.05) is 24.5 Å². The van der Waals surface area contributed by atoms with Crippen LogP contribution >= 0.6 is 0 Å². The van der Waals surface area contributed by atoms with Crippen molar-refractivity contribution in [3.8, 4) is 0 Å². The monoisotopic (exact) mass is 261 g/mol. The number of piperidine rings is 1. The van der Waals surface area contributed by atoms with E-state index in [-0.39, 0.29) is 0 Å². The molecule has 7 nitrogen and oxygen atoms in total. The van der Waals surface area contributed by atoms with Gasteiger partial charge in [0.1, 0.15) is 12.4 Å². The van der Waals surface area contributed by atoms with Crippen LogP contribution in [0.2, 0.25) is 0 Å². The lowest BCUT2D eigenvalue weighted by Gasteiger charge is -2.30. The van der Waals surface area contributed by atoms with Crippen molar-refractivity contribution in [1.82, 2.24) is 25.0 Å². The Labute approximate surface area is 111 Å². The standard InChI is InChI=1S/C12H19N7/c13-8-10-2-6-18(7-3-10)12-15-11(16-17-12)9-19-5-1-4-14-19/h1,4-5,10H,2-3,6-9,13H2,(H,15,16,17). The van der Waals surface area contributed by atoms with Crippen LogP contribution in [0.1, 0.15) is 18.7 Å². The SMILES string of the molecule is NCC1CCN(c2n[nH]c(Cn3cccn3)n2)CC1. The van der Waals surface area contributed by atoms with Crippen LogP contribution in [0, 0.1) is 5.92 Å². The molecule has 7 heteroatoms. The molecule has 0 aliphatic carbocycles. The second kappa shape index (κ2) is 5.40. The molecule has 1 fully saturated rings. The van der Waals surface area contributed by atoms with Gasteiger partial charge in [0, 0.05) is 25.5 Å². The number of hydrogen-bond donors (Lipinski definition) is 2. The first-order chi connectivity index (χ1) is 9.35. The van der Waals surface area contributed by atoms with Crippen molar-refractivity contribution in [3.05, 3.63) is 24.3 Å². The van der Waals surface area contributed by atoms with Gasteiger partial charge in [-0.05, 0) is 31.4 Å². The summed E-state index contributed by atoms with van der Waals surface area (Å²) < 4.78 is 1.82. The molecule has 19 heavy (non-hydrogen) atoms. The van der Waals surface area contributed by atoms with Crippen molar-refractivity contribution >= 4 is 5.95 Å². The van der Waals surface area contributed by atoms with Gasteiger partial charge in [-0.3, -0.25) is 9.78 Å². The van der Waals surface area contributed by atoms with Gasteiger partial charge in [0.2, 0.25) is 5.95 Å². The normalized spacial score (nSPS) is 17.0. The maximum absolute atomic E-state index is 5.70.